The molecule has 4 rings (SSSR count). The van der Waals surface area contributed by atoms with Crippen molar-refractivity contribution in [3.05, 3.63) is 59.4 Å². The van der Waals surface area contributed by atoms with Crippen molar-refractivity contribution in [2.75, 3.05) is 34.5 Å². The fourth-order valence-corrected chi connectivity index (χ4v) is 3.49. The van der Waals surface area contributed by atoms with E-state index in [4.69, 9.17) is 33.9 Å². The largest absolute Gasteiger partial charge is 0.497 e. The molecule has 0 aromatic heterocycles. The number of ether oxygens (including phenoxy) is 5. The SMILES string of the molecule is COc1cccc(OCCOc2c(OC)cc(/C=C3/C(=N)N4OC(C)=CC4=NC3=O)cc2OC)c1. The van der Waals surface area contributed by atoms with Crippen LogP contribution in [0.15, 0.2) is 58.8 Å². The van der Waals surface area contributed by atoms with Gasteiger partial charge in [-0.25, -0.2) is 0 Å². The number of hydrogen-bond acceptors (Lipinski definition) is 8. The summed E-state index contributed by atoms with van der Waals surface area (Å²) in [6.45, 7) is 2.22. The normalized spacial score (nSPS) is 15.8. The summed E-state index contributed by atoms with van der Waals surface area (Å²) in [7, 11) is 4.60. The molecule has 1 amide bonds. The zero-order valence-electron chi connectivity index (χ0n) is 19.8. The van der Waals surface area contributed by atoms with E-state index in [0.29, 0.717) is 40.1 Å². The minimum atomic E-state index is -0.538. The zero-order valence-corrected chi connectivity index (χ0v) is 19.8. The molecule has 2 heterocycles. The van der Waals surface area contributed by atoms with Gasteiger partial charge >= 0.3 is 0 Å². The maximum Gasteiger partial charge on any atom is 0.282 e. The van der Waals surface area contributed by atoms with Gasteiger partial charge in [0.2, 0.25) is 5.75 Å². The second kappa shape index (κ2) is 10.2. The number of methoxy groups -OCH3 is 3. The Morgan fingerprint density at radius 3 is 2.37 bits per heavy atom. The van der Waals surface area contributed by atoms with Gasteiger partial charge in [-0.3, -0.25) is 10.2 Å². The van der Waals surface area contributed by atoms with E-state index in [2.05, 4.69) is 4.99 Å². The van der Waals surface area contributed by atoms with Crippen LogP contribution in [0, 0.1) is 5.41 Å². The number of carbonyl (C=O) groups is 1. The molecule has 10 nitrogen and oxygen atoms in total. The first kappa shape index (κ1) is 23.7. The van der Waals surface area contributed by atoms with Crippen LogP contribution in [0.3, 0.4) is 0 Å². The van der Waals surface area contributed by atoms with Crippen molar-refractivity contribution in [3.8, 4) is 28.7 Å². The van der Waals surface area contributed by atoms with Crippen LogP contribution in [0.25, 0.3) is 6.08 Å². The number of amides is 1. The lowest BCUT2D eigenvalue weighted by Gasteiger charge is -2.23. The van der Waals surface area contributed by atoms with Crippen molar-refractivity contribution in [1.82, 2.24) is 5.06 Å². The number of nitrogens with one attached hydrogen (secondary N) is 1. The summed E-state index contributed by atoms with van der Waals surface area (Å²) in [5.41, 5.74) is 0.635. The van der Waals surface area contributed by atoms with Gasteiger partial charge in [0, 0.05) is 12.1 Å². The van der Waals surface area contributed by atoms with E-state index in [-0.39, 0.29) is 30.5 Å². The molecule has 0 fully saturated rings. The fourth-order valence-electron chi connectivity index (χ4n) is 3.49. The third kappa shape index (κ3) is 5.06. The maximum absolute atomic E-state index is 12.5. The Kier molecular flexibility index (Phi) is 6.91. The van der Waals surface area contributed by atoms with Gasteiger partial charge in [0.15, 0.2) is 23.2 Å². The van der Waals surface area contributed by atoms with E-state index >= 15 is 0 Å². The van der Waals surface area contributed by atoms with Crippen molar-refractivity contribution in [3.63, 3.8) is 0 Å². The molecule has 0 saturated heterocycles. The van der Waals surface area contributed by atoms with Gasteiger partial charge in [-0.2, -0.15) is 4.99 Å². The number of amidine groups is 2. The van der Waals surface area contributed by atoms with Crippen molar-refractivity contribution in [2.24, 2.45) is 4.99 Å². The van der Waals surface area contributed by atoms with Crippen LogP contribution in [0.1, 0.15) is 12.5 Å². The molecule has 35 heavy (non-hydrogen) atoms. The van der Waals surface area contributed by atoms with Crippen molar-refractivity contribution >= 4 is 23.7 Å². The number of benzene rings is 2. The number of rotatable bonds is 9. The molecule has 0 saturated carbocycles. The van der Waals surface area contributed by atoms with E-state index in [1.807, 2.05) is 18.2 Å². The highest BCUT2D eigenvalue weighted by Gasteiger charge is 2.34. The zero-order chi connectivity index (χ0) is 24.9. The third-order valence-corrected chi connectivity index (χ3v) is 5.11. The smallest absolute Gasteiger partial charge is 0.282 e. The Bertz CT molecular complexity index is 1220. The average molecular weight is 479 g/mol. The summed E-state index contributed by atoms with van der Waals surface area (Å²) in [5, 5.41) is 9.59. The van der Waals surface area contributed by atoms with Crippen LogP contribution in [0.5, 0.6) is 28.7 Å². The topological polar surface area (TPSA) is 112 Å². The quantitative estimate of drug-likeness (QED) is 0.429. The number of carbonyl (C=O) groups excluding carboxylic acids is 1. The van der Waals surface area contributed by atoms with Crippen molar-refractivity contribution < 1.29 is 33.3 Å². The van der Waals surface area contributed by atoms with Crippen LogP contribution in [-0.2, 0) is 9.63 Å². The highest BCUT2D eigenvalue weighted by atomic mass is 16.7. The lowest BCUT2D eigenvalue weighted by molar-refractivity contribution is -0.114. The number of allylic oxidation sites excluding steroid dienone is 1. The summed E-state index contributed by atoms with van der Waals surface area (Å²) >= 11 is 0. The highest BCUT2D eigenvalue weighted by Crippen LogP contribution is 2.39. The summed E-state index contributed by atoms with van der Waals surface area (Å²) in [5.74, 6) is 2.71. The van der Waals surface area contributed by atoms with Gasteiger partial charge in [0.1, 0.15) is 30.5 Å². The van der Waals surface area contributed by atoms with E-state index in [0.717, 1.165) is 0 Å². The molecule has 182 valence electrons. The summed E-state index contributed by atoms with van der Waals surface area (Å²) in [6.07, 6.45) is 3.13. The molecular formula is C25H25N3O7. The number of aliphatic imine (C=N–C) groups is 1. The summed E-state index contributed by atoms with van der Waals surface area (Å²) in [4.78, 5) is 22.0. The lowest BCUT2D eigenvalue weighted by Crippen LogP contribution is -2.38. The molecule has 0 spiro atoms. The molecule has 0 aliphatic carbocycles. The van der Waals surface area contributed by atoms with Crippen molar-refractivity contribution in [1.29, 1.82) is 5.41 Å². The minimum absolute atomic E-state index is 0.0707. The Hall–Kier alpha value is -4.47. The first-order valence-corrected chi connectivity index (χ1v) is 10.7. The molecule has 0 unspecified atom stereocenters. The summed E-state index contributed by atoms with van der Waals surface area (Å²) < 4.78 is 27.8. The molecule has 2 aromatic rings. The molecule has 2 aliphatic heterocycles. The Morgan fingerprint density at radius 1 is 1.00 bits per heavy atom. The van der Waals surface area contributed by atoms with E-state index in [1.54, 1.807) is 38.3 Å². The number of hydrogen-bond donors (Lipinski definition) is 1. The highest BCUT2D eigenvalue weighted by molar-refractivity contribution is 6.32. The standard InChI is InChI=1S/C25H25N3O7/c1-15-10-22-27-25(29)19(24(26)28(22)35-15)11-16-12-20(31-3)23(21(13-16)32-4)34-9-8-33-18-7-5-6-17(14-18)30-2/h5-7,10-14,26H,8-9H2,1-4H3/b19-11-,26-24?. The van der Waals surface area contributed by atoms with Gasteiger partial charge in [-0.05, 0) is 42.8 Å². The lowest BCUT2D eigenvalue weighted by atomic mass is 10.1. The van der Waals surface area contributed by atoms with Gasteiger partial charge in [0.05, 0.1) is 26.9 Å². The van der Waals surface area contributed by atoms with Crippen LogP contribution in [0.2, 0.25) is 0 Å². The number of nitrogens with zero attached hydrogens (tertiary/aromatic N) is 2. The van der Waals surface area contributed by atoms with Gasteiger partial charge in [-0.15, -0.1) is 5.06 Å². The van der Waals surface area contributed by atoms with Crippen LogP contribution >= 0.6 is 0 Å². The predicted molar refractivity (Wildman–Crippen MR) is 128 cm³/mol. The van der Waals surface area contributed by atoms with Crippen molar-refractivity contribution in [2.45, 2.75) is 6.92 Å². The maximum atomic E-state index is 12.5. The first-order chi connectivity index (χ1) is 16.9. The molecule has 0 radical (unpaired) electrons. The van der Waals surface area contributed by atoms with Gasteiger partial charge < -0.3 is 28.5 Å². The molecule has 1 N–H and O–H groups in total. The molecule has 0 atom stereocenters. The van der Waals surface area contributed by atoms with E-state index in [1.165, 1.54) is 25.4 Å². The summed E-state index contributed by atoms with van der Waals surface area (Å²) in [6, 6.07) is 10.6. The van der Waals surface area contributed by atoms with Crippen LogP contribution < -0.4 is 23.7 Å². The third-order valence-electron chi connectivity index (χ3n) is 5.11. The van der Waals surface area contributed by atoms with E-state index in [9.17, 15) is 4.79 Å². The second-order valence-electron chi connectivity index (χ2n) is 7.45. The fraction of sp³-hybridized carbons (Fsp3) is 0.240. The van der Waals surface area contributed by atoms with Crippen LogP contribution in [0.4, 0.5) is 0 Å². The molecule has 2 aliphatic rings. The first-order valence-electron chi connectivity index (χ1n) is 10.7. The van der Waals surface area contributed by atoms with Gasteiger partial charge in [-0.1, -0.05) is 6.07 Å². The molecule has 10 heteroatoms. The predicted octanol–water partition coefficient (Wildman–Crippen LogP) is 3.62. The Labute approximate surface area is 202 Å². The average Bonchev–Trinajstić information content (AvgIpc) is 3.24. The number of hydroxylamine groups is 2. The van der Waals surface area contributed by atoms with Crippen LogP contribution in [-0.4, -0.2) is 57.2 Å². The monoisotopic (exact) mass is 479 g/mol. The molecule has 0 bridgehead atoms. The minimum Gasteiger partial charge on any atom is -0.497 e. The molecular weight excluding hydrogens is 454 g/mol. The Morgan fingerprint density at radius 2 is 1.69 bits per heavy atom. The molecule has 2 aromatic carbocycles. The van der Waals surface area contributed by atoms with E-state index < -0.39 is 5.91 Å². The number of fused-ring (bicyclic) bond motifs is 1. The van der Waals surface area contributed by atoms with Gasteiger partial charge in [0.25, 0.3) is 5.91 Å². The second-order valence-corrected chi connectivity index (χ2v) is 7.45. The Balaban J connectivity index is 1.50.